The maximum atomic E-state index is 8.76. The van der Waals surface area contributed by atoms with Gasteiger partial charge in [0.2, 0.25) is 0 Å². The molecule has 0 fully saturated rings. The molecule has 5 nitrogen and oxygen atoms in total. The Labute approximate surface area is 162 Å². The van der Waals surface area contributed by atoms with Crippen LogP contribution >= 0.6 is 11.8 Å². The van der Waals surface area contributed by atoms with Crippen LogP contribution in [0.4, 0.5) is 0 Å². The zero-order valence-electron chi connectivity index (χ0n) is 15.0. The van der Waals surface area contributed by atoms with Crippen molar-refractivity contribution < 1.29 is 0 Å². The molecule has 0 saturated heterocycles. The van der Waals surface area contributed by atoms with Crippen LogP contribution in [0.3, 0.4) is 0 Å². The van der Waals surface area contributed by atoms with Crippen molar-refractivity contribution in [1.29, 1.82) is 5.26 Å². The second kappa shape index (κ2) is 7.68. The lowest BCUT2D eigenvalue weighted by Gasteiger charge is -2.10. The molecule has 0 unspecified atom stereocenters. The summed E-state index contributed by atoms with van der Waals surface area (Å²) in [6, 6.07) is 18.7. The van der Waals surface area contributed by atoms with Crippen molar-refractivity contribution in [3.05, 3.63) is 60.3 Å². The number of nitrogens with zero attached hydrogens (tertiary/aromatic N) is 4. The summed E-state index contributed by atoms with van der Waals surface area (Å²) in [5.74, 6) is 1.66. The van der Waals surface area contributed by atoms with Crippen molar-refractivity contribution in [2.45, 2.75) is 24.9 Å². The van der Waals surface area contributed by atoms with Gasteiger partial charge in [0, 0.05) is 40.5 Å². The third-order valence-corrected chi connectivity index (χ3v) is 5.40. The molecule has 1 N–H and O–H groups in total. The number of fused-ring (bicyclic) bond motifs is 1. The number of rotatable bonds is 6. The molecule has 0 spiro atoms. The summed E-state index contributed by atoms with van der Waals surface area (Å²) < 4.78 is 2.11. The van der Waals surface area contributed by atoms with Gasteiger partial charge in [-0.05, 0) is 37.1 Å². The maximum Gasteiger partial charge on any atom is 0.196 e. The Morgan fingerprint density at radius 3 is 2.89 bits per heavy atom. The fraction of sp³-hybridized carbons (Fsp3) is 0.190. The van der Waals surface area contributed by atoms with Gasteiger partial charge in [0.25, 0.3) is 0 Å². The van der Waals surface area contributed by atoms with Crippen LogP contribution in [0.1, 0.15) is 18.4 Å². The fourth-order valence-corrected chi connectivity index (χ4v) is 4.00. The fourth-order valence-electron chi connectivity index (χ4n) is 3.11. The van der Waals surface area contributed by atoms with Gasteiger partial charge in [-0.25, -0.2) is 0 Å². The van der Waals surface area contributed by atoms with Crippen LogP contribution in [-0.4, -0.2) is 25.5 Å². The Hall–Kier alpha value is -3.04. The van der Waals surface area contributed by atoms with E-state index in [1.54, 1.807) is 11.8 Å². The average Bonchev–Trinajstić information content (AvgIpc) is 3.29. The highest BCUT2D eigenvalue weighted by Gasteiger charge is 2.18. The lowest BCUT2D eigenvalue weighted by Crippen LogP contribution is -2.00. The average molecular weight is 373 g/mol. The zero-order valence-corrected chi connectivity index (χ0v) is 15.8. The summed E-state index contributed by atoms with van der Waals surface area (Å²) >= 11 is 1.64. The topological polar surface area (TPSA) is 70.3 Å². The molecule has 0 atom stereocenters. The first-order chi connectivity index (χ1) is 13.3. The molecule has 0 radical (unpaired) electrons. The number of nitrogens with one attached hydrogen (secondary N) is 1. The molecule has 0 aliphatic heterocycles. The smallest absolute Gasteiger partial charge is 0.196 e. The Morgan fingerprint density at radius 2 is 2.04 bits per heavy atom. The monoisotopic (exact) mass is 373 g/mol. The molecule has 2 aromatic heterocycles. The predicted molar refractivity (Wildman–Crippen MR) is 109 cm³/mol. The molecule has 0 aliphatic carbocycles. The number of para-hydroxylation sites is 1. The van der Waals surface area contributed by atoms with Gasteiger partial charge in [0.15, 0.2) is 11.0 Å². The minimum atomic E-state index is 0.556. The number of hydrogen-bond donors (Lipinski definition) is 1. The van der Waals surface area contributed by atoms with E-state index in [0.717, 1.165) is 45.3 Å². The third kappa shape index (κ3) is 3.46. The molecule has 6 heteroatoms. The Morgan fingerprint density at radius 1 is 1.15 bits per heavy atom. The van der Waals surface area contributed by atoms with Crippen LogP contribution in [0.15, 0.2) is 59.9 Å². The molecule has 0 bridgehead atoms. The van der Waals surface area contributed by atoms with Gasteiger partial charge < -0.3 is 4.98 Å². The molecule has 0 saturated carbocycles. The first-order valence-corrected chi connectivity index (χ1v) is 9.85. The highest BCUT2D eigenvalue weighted by atomic mass is 32.2. The van der Waals surface area contributed by atoms with Gasteiger partial charge in [0.1, 0.15) is 0 Å². The van der Waals surface area contributed by atoms with E-state index in [1.807, 2.05) is 24.4 Å². The number of benzene rings is 2. The number of aromatic nitrogens is 4. The molecule has 2 heterocycles. The summed E-state index contributed by atoms with van der Waals surface area (Å²) in [7, 11) is 0. The molecule has 134 valence electrons. The lowest BCUT2D eigenvalue weighted by atomic mass is 10.1. The van der Waals surface area contributed by atoms with Crippen molar-refractivity contribution in [2.24, 2.45) is 0 Å². The molecule has 4 aromatic rings. The Bertz CT molecular complexity index is 1120. The van der Waals surface area contributed by atoms with E-state index in [4.69, 9.17) is 5.26 Å². The zero-order chi connectivity index (χ0) is 18.6. The molecule has 2 aromatic carbocycles. The van der Waals surface area contributed by atoms with E-state index >= 15 is 0 Å². The van der Waals surface area contributed by atoms with Gasteiger partial charge >= 0.3 is 0 Å². The summed E-state index contributed by atoms with van der Waals surface area (Å²) in [6.45, 7) is 2.08. The summed E-state index contributed by atoms with van der Waals surface area (Å²) in [5, 5.41) is 19.7. The largest absolute Gasteiger partial charge is 0.360 e. The molecule has 0 aliphatic rings. The van der Waals surface area contributed by atoms with Crippen LogP contribution in [0, 0.1) is 18.3 Å². The van der Waals surface area contributed by atoms with Gasteiger partial charge in [-0.1, -0.05) is 42.1 Å². The summed E-state index contributed by atoms with van der Waals surface area (Å²) in [6.07, 6.45) is 3.39. The number of thioether (sulfide) groups is 1. The van der Waals surface area contributed by atoms with Gasteiger partial charge in [-0.3, -0.25) is 4.57 Å². The number of H-pyrrole nitrogens is 1. The number of nitriles is 1. The first-order valence-electron chi connectivity index (χ1n) is 8.86. The van der Waals surface area contributed by atoms with E-state index in [9.17, 15) is 0 Å². The van der Waals surface area contributed by atoms with Crippen molar-refractivity contribution >= 4 is 22.7 Å². The first kappa shape index (κ1) is 17.4. The van der Waals surface area contributed by atoms with Crippen molar-refractivity contribution in [3.63, 3.8) is 0 Å². The number of aromatic amines is 1. The Kier molecular flexibility index (Phi) is 4.95. The predicted octanol–water partition coefficient (Wildman–Crippen LogP) is 5.12. The molecule has 27 heavy (non-hydrogen) atoms. The lowest BCUT2D eigenvalue weighted by molar-refractivity contribution is 0.879. The number of unbranched alkanes of at least 4 members (excludes halogenated alkanes) is 1. The van der Waals surface area contributed by atoms with E-state index in [1.165, 1.54) is 5.56 Å². The van der Waals surface area contributed by atoms with Crippen LogP contribution < -0.4 is 0 Å². The van der Waals surface area contributed by atoms with Crippen molar-refractivity contribution in [2.75, 3.05) is 5.75 Å². The van der Waals surface area contributed by atoms with Crippen LogP contribution in [0.25, 0.3) is 28.0 Å². The molecular weight excluding hydrogens is 354 g/mol. The summed E-state index contributed by atoms with van der Waals surface area (Å²) in [4.78, 5) is 3.32. The van der Waals surface area contributed by atoms with Crippen molar-refractivity contribution in [3.8, 4) is 23.1 Å². The summed E-state index contributed by atoms with van der Waals surface area (Å²) in [5.41, 5.74) is 4.34. The molecular formula is C21H19N5S. The normalized spacial score (nSPS) is 11.0. The quantitative estimate of drug-likeness (QED) is 0.376. The van der Waals surface area contributed by atoms with Crippen LogP contribution in [0.5, 0.6) is 0 Å². The second-order valence-corrected chi connectivity index (χ2v) is 7.40. The number of aryl methyl sites for hydroxylation is 1. The van der Waals surface area contributed by atoms with E-state index in [2.05, 4.69) is 63.1 Å². The van der Waals surface area contributed by atoms with E-state index in [-0.39, 0.29) is 0 Å². The standard InChI is InChI=1S/C21H19N5S/c1-15-7-6-8-16(13-15)26-20(24-25-21(26)27-12-5-4-11-22)18-14-23-19-10-3-2-9-17(18)19/h2-3,6-10,13-14,23H,4-5,12H2,1H3. The number of hydrogen-bond acceptors (Lipinski definition) is 4. The molecule has 0 amide bonds. The van der Waals surface area contributed by atoms with Gasteiger partial charge in [-0.2, -0.15) is 5.26 Å². The maximum absolute atomic E-state index is 8.76. The van der Waals surface area contributed by atoms with Crippen molar-refractivity contribution in [1.82, 2.24) is 19.7 Å². The van der Waals surface area contributed by atoms with Crippen LogP contribution in [0.2, 0.25) is 0 Å². The van der Waals surface area contributed by atoms with Crippen LogP contribution in [-0.2, 0) is 0 Å². The van der Waals surface area contributed by atoms with E-state index < -0.39 is 0 Å². The third-order valence-electron chi connectivity index (χ3n) is 4.39. The highest BCUT2D eigenvalue weighted by molar-refractivity contribution is 7.99. The highest BCUT2D eigenvalue weighted by Crippen LogP contribution is 2.32. The van der Waals surface area contributed by atoms with E-state index in [0.29, 0.717) is 6.42 Å². The molecule has 4 rings (SSSR count). The SMILES string of the molecule is Cc1cccc(-n2c(SCCCC#N)nnc2-c2c[nH]c3ccccc23)c1. The second-order valence-electron chi connectivity index (χ2n) is 6.34. The van der Waals surface area contributed by atoms with Gasteiger partial charge in [-0.15, -0.1) is 10.2 Å². The minimum absolute atomic E-state index is 0.556. The van der Waals surface area contributed by atoms with Gasteiger partial charge in [0.05, 0.1) is 6.07 Å². The Balaban J connectivity index is 1.82. The minimum Gasteiger partial charge on any atom is -0.360 e.